The van der Waals surface area contributed by atoms with E-state index in [9.17, 15) is 9.18 Å². The van der Waals surface area contributed by atoms with Gasteiger partial charge in [-0.3, -0.25) is 4.79 Å². The molecule has 1 amide bonds. The fourth-order valence-electron chi connectivity index (χ4n) is 1.31. The number of carbonyl (C=O) groups is 1. The molecular formula is C13H17Cl2FN2O. The van der Waals surface area contributed by atoms with E-state index in [1.54, 1.807) is 0 Å². The Hall–Kier alpha value is -1.00. The lowest BCUT2D eigenvalue weighted by molar-refractivity contribution is -0.120. The third kappa shape index (κ3) is 4.88. The number of carbonyl (C=O) groups excluding carboxylic acids is 1. The Morgan fingerprint density at radius 1 is 1.26 bits per heavy atom. The molecule has 0 spiro atoms. The van der Waals surface area contributed by atoms with Crippen LogP contribution in [0.4, 0.5) is 10.1 Å². The number of nitrogens with one attached hydrogen (secondary N) is 2. The molecule has 3 nitrogen and oxygen atoms in total. The number of amides is 1. The first-order chi connectivity index (χ1) is 8.81. The summed E-state index contributed by atoms with van der Waals surface area (Å²) in [5, 5.41) is 5.54. The molecule has 106 valence electrons. The third-order valence-corrected chi connectivity index (χ3v) is 3.38. The van der Waals surface area contributed by atoms with Crippen molar-refractivity contribution in [3.63, 3.8) is 0 Å². The molecule has 1 atom stereocenters. The maximum atomic E-state index is 13.2. The summed E-state index contributed by atoms with van der Waals surface area (Å²) in [6, 6.07) is 2.87. The molecule has 0 bridgehead atoms. The van der Waals surface area contributed by atoms with Crippen LogP contribution < -0.4 is 10.6 Å². The summed E-state index contributed by atoms with van der Waals surface area (Å²) in [6.45, 7) is 6.07. The van der Waals surface area contributed by atoms with Crippen LogP contribution in [0.3, 0.4) is 0 Å². The van der Waals surface area contributed by atoms with Gasteiger partial charge in [-0.2, -0.15) is 0 Å². The molecule has 0 heterocycles. The minimum absolute atomic E-state index is 0.0778. The van der Waals surface area contributed by atoms with Gasteiger partial charge in [0.2, 0.25) is 5.91 Å². The highest BCUT2D eigenvalue weighted by Crippen LogP contribution is 2.27. The van der Waals surface area contributed by atoms with Gasteiger partial charge in [0.1, 0.15) is 0 Å². The first kappa shape index (κ1) is 16.1. The number of benzene rings is 1. The van der Waals surface area contributed by atoms with E-state index in [0.717, 1.165) is 0 Å². The maximum Gasteiger partial charge on any atom is 0.239 e. The standard InChI is InChI=1S/C13H17Cl2FN2O/c1-7(2)8(3)18-12(19)6-17-9-4-10(14)13(16)11(15)5-9/h4-5,7-8,17H,6H2,1-3H3,(H,18,19). The van der Waals surface area contributed by atoms with Crippen LogP contribution in [0, 0.1) is 11.7 Å². The molecule has 19 heavy (non-hydrogen) atoms. The minimum atomic E-state index is -0.660. The van der Waals surface area contributed by atoms with Crippen molar-refractivity contribution in [3.8, 4) is 0 Å². The van der Waals surface area contributed by atoms with Crippen LogP contribution in [0.2, 0.25) is 10.0 Å². The van der Waals surface area contributed by atoms with Gasteiger partial charge in [0.05, 0.1) is 16.6 Å². The molecule has 0 saturated heterocycles. The van der Waals surface area contributed by atoms with Crippen LogP contribution in [0.1, 0.15) is 20.8 Å². The average molecular weight is 307 g/mol. The summed E-state index contributed by atoms with van der Waals surface area (Å²) < 4.78 is 13.2. The van der Waals surface area contributed by atoms with Crippen molar-refractivity contribution in [2.75, 3.05) is 11.9 Å². The lowest BCUT2D eigenvalue weighted by atomic mass is 10.1. The Bertz CT molecular complexity index is 443. The van der Waals surface area contributed by atoms with E-state index in [-0.39, 0.29) is 28.5 Å². The van der Waals surface area contributed by atoms with Gasteiger partial charge >= 0.3 is 0 Å². The number of anilines is 1. The molecule has 2 N–H and O–H groups in total. The van der Waals surface area contributed by atoms with Crippen LogP contribution in [0.15, 0.2) is 12.1 Å². The van der Waals surface area contributed by atoms with Gasteiger partial charge in [0, 0.05) is 11.7 Å². The van der Waals surface area contributed by atoms with Crippen LogP contribution in [0.25, 0.3) is 0 Å². The molecule has 0 aliphatic heterocycles. The van der Waals surface area contributed by atoms with E-state index in [2.05, 4.69) is 10.6 Å². The zero-order valence-corrected chi connectivity index (χ0v) is 12.6. The van der Waals surface area contributed by atoms with Gasteiger partial charge in [0.25, 0.3) is 0 Å². The smallest absolute Gasteiger partial charge is 0.239 e. The molecule has 0 aliphatic carbocycles. The molecule has 1 aromatic carbocycles. The fourth-order valence-corrected chi connectivity index (χ4v) is 1.80. The summed E-state index contributed by atoms with van der Waals surface area (Å²) in [6.07, 6.45) is 0. The Labute approximate surface area is 122 Å². The van der Waals surface area contributed by atoms with Crippen molar-refractivity contribution in [2.24, 2.45) is 5.92 Å². The Balaban J connectivity index is 2.55. The summed E-state index contributed by atoms with van der Waals surface area (Å²) in [5.74, 6) is -0.441. The fraction of sp³-hybridized carbons (Fsp3) is 0.462. The first-order valence-corrected chi connectivity index (χ1v) is 6.74. The van der Waals surface area contributed by atoms with Gasteiger partial charge in [-0.1, -0.05) is 37.0 Å². The molecule has 1 unspecified atom stereocenters. The van der Waals surface area contributed by atoms with Crippen LogP contribution in [-0.4, -0.2) is 18.5 Å². The Kier molecular flexibility index (Phi) is 5.88. The van der Waals surface area contributed by atoms with Crippen molar-refractivity contribution >= 4 is 34.8 Å². The van der Waals surface area contributed by atoms with Crippen molar-refractivity contribution < 1.29 is 9.18 Å². The molecule has 1 rings (SSSR count). The Morgan fingerprint density at radius 3 is 2.26 bits per heavy atom. The van der Waals surface area contributed by atoms with Crippen LogP contribution >= 0.6 is 23.2 Å². The van der Waals surface area contributed by atoms with Gasteiger partial charge < -0.3 is 10.6 Å². The number of hydrogen-bond acceptors (Lipinski definition) is 2. The highest BCUT2D eigenvalue weighted by atomic mass is 35.5. The van der Waals surface area contributed by atoms with E-state index >= 15 is 0 Å². The minimum Gasteiger partial charge on any atom is -0.376 e. The van der Waals surface area contributed by atoms with E-state index in [0.29, 0.717) is 11.6 Å². The predicted octanol–water partition coefficient (Wildman–Crippen LogP) is 3.71. The maximum absolute atomic E-state index is 13.2. The van der Waals surface area contributed by atoms with Gasteiger partial charge in [-0.05, 0) is 25.0 Å². The molecule has 1 aromatic rings. The van der Waals surface area contributed by atoms with E-state index in [1.165, 1.54) is 12.1 Å². The summed E-state index contributed by atoms with van der Waals surface area (Å²) in [7, 11) is 0. The normalized spacial score (nSPS) is 12.4. The number of halogens is 3. The largest absolute Gasteiger partial charge is 0.376 e. The second-order valence-electron chi connectivity index (χ2n) is 4.71. The SMILES string of the molecule is CC(C)C(C)NC(=O)CNc1cc(Cl)c(F)c(Cl)c1. The summed E-state index contributed by atoms with van der Waals surface area (Å²) in [5.41, 5.74) is 0.503. The molecule has 0 radical (unpaired) electrons. The second-order valence-corrected chi connectivity index (χ2v) is 5.52. The predicted molar refractivity (Wildman–Crippen MR) is 77.4 cm³/mol. The van der Waals surface area contributed by atoms with E-state index in [1.807, 2.05) is 20.8 Å². The Morgan fingerprint density at radius 2 is 1.79 bits per heavy atom. The molecular weight excluding hydrogens is 290 g/mol. The molecule has 0 fully saturated rings. The van der Waals surface area contributed by atoms with Crippen molar-refractivity contribution in [3.05, 3.63) is 28.0 Å². The quantitative estimate of drug-likeness (QED) is 0.814. The van der Waals surface area contributed by atoms with Gasteiger partial charge in [-0.15, -0.1) is 0 Å². The van der Waals surface area contributed by atoms with E-state index in [4.69, 9.17) is 23.2 Å². The first-order valence-electron chi connectivity index (χ1n) is 5.99. The lowest BCUT2D eigenvalue weighted by Crippen LogP contribution is -2.39. The lowest BCUT2D eigenvalue weighted by Gasteiger charge is -2.17. The van der Waals surface area contributed by atoms with Crippen LogP contribution in [-0.2, 0) is 4.79 Å². The summed E-state index contributed by atoms with van der Waals surface area (Å²) in [4.78, 5) is 11.7. The summed E-state index contributed by atoms with van der Waals surface area (Å²) >= 11 is 11.3. The van der Waals surface area contributed by atoms with Crippen molar-refractivity contribution in [2.45, 2.75) is 26.8 Å². The highest BCUT2D eigenvalue weighted by molar-refractivity contribution is 6.35. The molecule has 0 aliphatic rings. The molecule has 0 aromatic heterocycles. The van der Waals surface area contributed by atoms with Gasteiger partial charge in [-0.25, -0.2) is 4.39 Å². The monoisotopic (exact) mass is 306 g/mol. The van der Waals surface area contributed by atoms with Crippen molar-refractivity contribution in [1.82, 2.24) is 5.32 Å². The number of hydrogen-bond donors (Lipinski definition) is 2. The third-order valence-electron chi connectivity index (χ3n) is 2.83. The van der Waals surface area contributed by atoms with Crippen molar-refractivity contribution in [1.29, 1.82) is 0 Å². The number of rotatable bonds is 5. The average Bonchev–Trinajstić information content (AvgIpc) is 2.33. The topological polar surface area (TPSA) is 41.1 Å². The van der Waals surface area contributed by atoms with E-state index < -0.39 is 5.82 Å². The molecule has 6 heteroatoms. The van der Waals surface area contributed by atoms with Crippen LogP contribution in [0.5, 0.6) is 0 Å². The van der Waals surface area contributed by atoms with Gasteiger partial charge in [0.15, 0.2) is 5.82 Å². The molecule has 0 saturated carbocycles. The highest BCUT2D eigenvalue weighted by Gasteiger charge is 2.11. The second kappa shape index (κ2) is 6.96. The zero-order chi connectivity index (χ0) is 14.6. The zero-order valence-electron chi connectivity index (χ0n) is 11.1.